The van der Waals surface area contributed by atoms with E-state index >= 15 is 0 Å². The van der Waals surface area contributed by atoms with Crippen LogP contribution in [0.3, 0.4) is 0 Å². The lowest BCUT2D eigenvalue weighted by Gasteiger charge is -2.21. The van der Waals surface area contributed by atoms with Crippen molar-refractivity contribution in [1.29, 1.82) is 0 Å². The Balaban J connectivity index is 1.64. The number of nitrogens with zero attached hydrogens (tertiary/aromatic N) is 1. The summed E-state index contributed by atoms with van der Waals surface area (Å²) in [6.07, 6.45) is 0.673. The molecule has 3 aromatic carbocycles. The van der Waals surface area contributed by atoms with Crippen LogP contribution in [0, 0.1) is 0 Å². The Kier molecular flexibility index (Phi) is 7.37. The highest BCUT2D eigenvalue weighted by atomic mass is 32.2. The Morgan fingerprint density at radius 1 is 0.906 bits per heavy atom. The van der Waals surface area contributed by atoms with Crippen LogP contribution in [0.5, 0.6) is 11.5 Å². The molecule has 32 heavy (non-hydrogen) atoms. The fraction of sp³-hybridized carbons (Fsp3) is 0.208. The summed E-state index contributed by atoms with van der Waals surface area (Å²) in [7, 11) is 0.752. The molecule has 0 atom stereocenters. The fourth-order valence-electron chi connectivity index (χ4n) is 3.17. The summed E-state index contributed by atoms with van der Waals surface area (Å²) in [6.45, 7) is 0.460. The lowest BCUT2D eigenvalue weighted by molar-refractivity contribution is 0.0954. The Hall–Kier alpha value is -3.52. The number of methoxy groups -OCH3 is 2. The fourth-order valence-corrected chi connectivity index (χ4v) is 4.38. The summed E-state index contributed by atoms with van der Waals surface area (Å²) in [5.41, 5.74) is 1.89. The van der Waals surface area contributed by atoms with E-state index in [1.54, 1.807) is 31.4 Å². The molecule has 0 aliphatic carbocycles. The summed E-state index contributed by atoms with van der Waals surface area (Å²) < 4.78 is 37.6. The Morgan fingerprint density at radius 3 is 2.19 bits per heavy atom. The Labute approximate surface area is 188 Å². The zero-order chi connectivity index (χ0) is 23.1. The first kappa shape index (κ1) is 23.1. The first-order valence-corrected chi connectivity index (χ1v) is 11.4. The van der Waals surface area contributed by atoms with Crippen molar-refractivity contribution < 1.29 is 22.7 Å². The molecule has 0 unspecified atom stereocenters. The molecule has 7 nitrogen and oxygen atoms in total. The van der Waals surface area contributed by atoms with Crippen LogP contribution in [0.15, 0.2) is 77.7 Å². The number of nitrogens with one attached hydrogen (secondary N) is 1. The SMILES string of the molecule is COc1ccc(CCNC(=O)c2ccc(S(=O)(=O)N(C)c3ccccc3OC)cc2)cc1. The maximum absolute atomic E-state index is 13.0. The van der Waals surface area contributed by atoms with Crippen molar-refractivity contribution >= 4 is 21.6 Å². The third kappa shape index (κ3) is 5.20. The van der Waals surface area contributed by atoms with Crippen LogP contribution in [0.4, 0.5) is 5.69 Å². The van der Waals surface area contributed by atoms with Gasteiger partial charge in [-0.15, -0.1) is 0 Å². The summed E-state index contributed by atoms with van der Waals surface area (Å²) >= 11 is 0. The van der Waals surface area contributed by atoms with Gasteiger partial charge in [0, 0.05) is 19.2 Å². The van der Waals surface area contributed by atoms with E-state index in [2.05, 4.69) is 5.32 Å². The maximum atomic E-state index is 13.0. The molecule has 3 rings (SSSR count). The van der Waals surface area contributed by atoms with Crippen LogP contribution < -0.4 is 19.1 Å². The van der Waals surface area contributed by atoms with E-state index in [-0.39, 0.29) is 10.8 Å². The van der Waals surface area contributed by atoms with Gasteiger partial charge >= 0.3 is 0 Å². The van der Waals surface area contributed by atoms with Gasteiger partial charge in [-0.05, 0) is 60.5 Å². The number of hydrogen-bond donors (Lipinski definition) is 1. The summed E-state index contributed by atoms with van der Waals surface area (Å²) in [6, 6.07) is 20.4. The number of benzene rings is 3. The van der Waals surface area contributed by atoms with Gasteiger partial charge in [0.25, 0.3) is 15.9 Å². The van der Waals surface area contributed by atoms with Crippen molar-refractivity contribution in [2.24, 2.45) is 0 Å². The van der Waals surface area contributed by atoms with Gasteiger partial charge in [0.2, 0.25) is 0 Å². The molecule has 1 N–H and O–H groups in total. The second kappa shape index (κ2) is 10.2. The van der Waals surface area contributed by atoms with Gasteiger partial charge in [-0.2, -0.15) is 0 Å². The zero-order valence-corrected chi connectivity index (χ0v) is 19.1. The molecule has 0 aliphatic rings. The van der Waals surface area contributed by atoms with Crippen LogP contribution in [-0.2, 0) is 16.4 Å². The quantitative estimate of drug-likeness (QED) is 0.535. The first-order valence-electron chi connectivity index (χ1n) is 10.00. The molecule has 0 radical (unpaired) electrons. The topological polar surface area (TPSA) is 84.9 Å². The predicted molar refractivity (Wildman–Crippen MR) is 124 cm³/mol. The third-order valence-electron chi connectivity index (χ3n) is 5.06. The molecule has 0 saturated carbocycles. The molecule has 3 aromatic rings. The highest BCUT2D eigenvalue weighted by Crippen LogP contribution is 2.30. The zero-order valence-electron chi connectivity index (χ0n) is 18.2. The molecular weight excluding hydrogens is 428 g/mol. The van der Waals surface area contributed by atoms with Gasteiger partial charge in [-0.25, -0.2) is 8.42 Å². The van der Waals surface area contributed by atoms with Crippen molar-refractivity contribution in [3.63, 3.8) is 0 Å². The molecule has 168 valence electrons. The smallest absolute Gasteiger partial charge is 0.264 e. The van der Waals surface area contributed by atoms with E-state index in [9.17, 15) is 13.2 Å². The highest BCUT2D eigenvalue weighted by Gasteiger charge is 2.23. The molecule has 0 spiro atoms. The van der Waals surface area contributed by atoms with Crippen LogP contribution in [0.1, 0.15) is 15.9 Å². The summed E-state index contributed by atoms with van der Waals surface area (Å²) in [5.74, 6) is 0.969. The van der Waals surface area contributed by atoms with Crippen LogP contribution >= 0.6 is 0 Å². The number of amides is 1. The monoisotopic (exact) mass is 454 g/mol. The number of ether oxygens (including phenoxy) is 2. The number of carbonyl (C=O) groups is 1. The van der Waals surface area contributed by atoms with Gasteiger partial charge in [-0.1, -0.05) is 24.3 Å². The molecular formula is C24H26N2O5S. The van der Waals surface area contributed by atoms with Gasteiger partial charge in [0.15, 0.2) is 0 Å². The number of rotatable bonds is 9. The molecule has 0 saturated heterocycles. The molecule has 0 fully saturated rings. The van der Waals surface area contributed by atoms with E-state index in [0.717, 1.165) is 15.6 Å². The van der Waals surface area contributed by atoms with E-state index in [1.807, 2.05) is 24.3 Å². The predicted octanol–water partition coefficient (Wildman–Crippen LogP) is 3.50. The number of hydrogen-bond acceptors (Lipinski definition) is 5. The van der Waals surface area contributed by atoms with E-state index in [4.69, 9.17) is 9.47 Å². The first-order chi connectivity index (χ1) is 15.4. The van der Waals surface area contributed by atoms with E-state index < -0.39 is 10.0 Å². The van der Waals surface area contributed by atoms with Crippen LogP contribution in [-0.4, -0.2) is 42.1 Å². The normalized spacial score (nSPS) is 11.0. The highest BCUT2D eigenvalue weighted by molar-refractivity contribution is 7.92. The number of sulfonamides is 1. The second-order valence-electron chi connectivity index (χ2n) is 7.02. The minimum atomic E-state index is -3.81. The minimum Gasteiger partial charge on any atom is -0.497 e. The van der Waals surface area contributed by atoms with Crippen molar-refractivity contribution in [1.82, 2.24) is 5.32 Å². The van der Waals surface area contributed by atoms with Crippen LogP contribution in [0.2, 0.25) is 0 Å². The van der Waals surface area contributed by atoms with Gasteiger partial charge in [0.05, 0.1) is 24.8 Å². The molecule has 0 aliphatic heterocycles. The van der Waals surface area contributed by atoms with E-state index in [1.165, 1.54) is 38.4 Å². The van der Waals surface area contributed by atoms with Crippen molar-refractivity contribution in [3.8, 4) is 11.5 Å². The third-order valence-corrected chi connectivity index (χ3v) is 6.84. The molecule has 0 aromatic heterocycles. The lowest BCUT2D eigenvalue weighted by atomic mass is 10.1. The number of carbonyl (C=O) groups excluding carboxylic acids is 1. The van der Waals surface area contributed by atoms with Crippen molar-refractivity contribution in [3.05, 3.63) is 83.9 Å². The molecule has 0 heterocycles. The molecule has 0 bridgehead atoms. The Morgan fingerprint density at radius 2 is 1.56 bits per heavy atom. The van der Waals surface area contributed by atoms with Gasteiger partial charge in [-0.3, -0.25) is 9.10 Å². The second-order valence-corrected chi connectivity index (χ2v) is 8.99. The van der Waals surface area contributed by atoms with Gasteiger partial charge < -0.3 is 14.8 Å². The Bertz CT molecular complexity index is 1160. The summed E-state index contributed by atoms with van der Waals surface area (Å²) in [5, 5.41) is 2.85. The van der Waals surface area contributed by atoms with Gasteiger partial charge in [0.1, 0.15) is 11.5 Å². The average molecular weight is 455 g/mol. The largest absolute Gasteiger partial charge is 0.497 e. The molecule has 1 amide bonds. The maximum Gasteiger partial charge on any atom is 0.264 e. The van der Waals surface area contributed by atoms with Crippen molar-refractivity contribution in [2.45, 2.75) is 11.3 Å². The van der Waals surface area contributed by atoms with Crippen molar-refractivity contribution in [2.75, 3.05) is 32.1 Å². The standard InChI is InChI=1S/C24H26N2O5S/c1-26(22-6-4-5-7-23(22)31-3)32(28,29)21-14-10-19(11-15-21)24(27)25-17-16-18-8-12-20(30-2)13-9-18/h4-15H,16-17H2,1-3H3,(H,25,27). The van der Waals surface area contributed by atoms with E-state index in [0.29, 0.717) is 30.0 Å². The number of para-hydroxylation sites is 2. The molecule has 8 heteroatoms. The minimum absolute atomic E-state index is 0.0840. The summed E-state index contributed by atoms with van der Waals surface area (Å²) in [4.78, 5) is 12.5. The number of anilines is 1. The van der Waals surface area contributed by atoms with Crippen LogP contribution in [0.25, 0.3) is 0 Å². The average Bonchev–Trinajstić information content (AvgIpc) is 2.83. The lowest BCUT2D eigenvalue weighted by Crippen LogP contribution is -2.27.